The van der Waals surface area contributed by atoms with Crippen LogP contribution in [0.3, 0.4) is 0 Å². The first kappa shape index (κ1) is 31.6. The Bertz CT molecular complexity index is 935. The summed E-state index contributed by atoms with van der Waals surface area (Å²) in [4.78, 5) is 39.9. The Morgan fingerprint density at radius 3 is 2.47 bits per heavy atom. The number of hydrogen-bond acceptors (Lipinski definition) is 6. The average Bonchev–Trinajstić information content (AvgIpc) is 2.85. The van der Waals surface area contributed by atoms with Crippen molar-refractivity contribution in [3.63, 3.8) is 0 Å². The molecule has 0 aromatic heterocycles. The Hall–Kier alpha value is -2.65. The summed E-state index contributed by atoms with van der Waals surface area (Å²) in [6.45, 7) is 11.2. The Morgan fingerprint density at radius 2 is 1.84 bits per heavy atom. The molecule has 2 rings (SSSR count). The van der Waals surface area contributed by atoms with Crippen molar-refractivity contribution in [2.24, 2.45) is 28.7 Å². The van der Waals surface area contributed by atoms with E-state index in [1.54, 1.807) is 4.90 Å². The van der Waals surface area contributed by atoms with E-state index in [1.165, 1.54) is 7.11 Å². The molecule has 3 amide bonds. The van der Waals surface area contributed by atoms with Gasteiger partial charge in [0.05, 0.1) is 13.2 Å². The van der Waals surface area contributed by atoms with Gasteiger partial charge in [0.2, 0.25) is 11.8 Å². The minimum atomic E-state index is -0.513. The summed E-state index contributed by atoms with van der Waals surface area (Å²) in [6.07, 6.45) is 3.41. The predicted molar refractivity (Wildman–Crippen MR) is 152 cm³/mol. The largest absolute Gasteiger partial charge is 0.453 e. The maximum Gasteiger partial charge on any atom is 0.407 e. The van der Waals surface area contributed by atoms with Gasteiger partial charge in [-0.25, -0.2) is 4.79 Å². The smallest absolute Gasteiger partial charge is 0.407 e. The number of carbonyl (C=O) groups excluding carboxylic acids is 3. The normalized spacial score (nSPS) is 17.8. The molecule has 0 spiro atoms. The van der Waals surface area contributed by atoms with E-state index >= 15 is 0 Å². The number of nitrogens with one attached hydrogen (secondary N) is 2. The number of methoxy groups -OCH3 is 1. The summed E-state index contributed by atoms with van der Waals surface area (Å²) >= 11 is 0. The third-order valence-electron chi connectivity index (χ3n) is 7.43. The highest BCUT2D eigenvalue weighted by Gasteiger charge is 2.35. The maximum absolute atomic E-state index is 13.6. The molecule has 0 saturated heterocycles. The van der Waals surface area contributed by atoms with Gasteiger partial charge in [-0.3, -0.25) is 9.59 Å². The van der Waals surface area contributed by atoms with Crippen LogP contribution in [0.2, 0.25) is 0 Å². The zero-order valence-corrected chi connectivity index (χ0v) is 24.1. The molecular formula is C29H49N5O4. The van der Waals surface area contributed by atoms with Crippen LogP contribution in [0.25, 0.3) is 0 Å². The van der Waals surface area contributed by atoms with Crippen LogP contribution < -0.4 is 27.0 Å². The van der Waals surface area contributed by atoms with Crippen LogP contribution in [-0.4, -0.2) is 56.2 Å². The number of carbonyl (C=O) groups is 3. The van der Waals surface area contributed by atoms with Gasteiger partial charge in [0.1, 0.15) is 0 Å². The van der Waals surface area contributed by atoms with Gasteiger partial charge in [0, 0.05) is 43.2 Å². The minimum Gasteiger partial charge on any atom is -0.453 e. The zero-order chi connectivity index (χ0) is 28.5. The molecule has 0 fully saturated rings. The van der Waals surface area contributed by atoms with Crippen LogP contribution in [0.1, 0.15) is 72.3 Å². The molecule has 1 heterocycles. The second-order valence-electron chi connectivity index (χ2n) is 11.8. The minimum absolute atomic E-state index is 0.0319. The van der Waals surface area contributed by atoms with Crippen LogP contribution in [-0.2, 0) is 20.7 Å². The van der Waals surface area contributed by atoms with E-state index in [0.717, 1.165) is 24.1 Å². The molecule has 1 aromatic carbocycles. The van der Waals surface area contributed by atoms with E-state index in [-0.39, 0.29) is 48.2 Å². The van der Waals surface area contributed by atoms with Crippen LogP contribution in [0.5, 0.6) is 0 Å². The molecule has 0 saturated carbocycles. The Morgan fingerprint density at radius 1 is 1.16 bits per heavy atom. The summed E-state index contributed by atoms with van der Waals surface area (Å²) in [5.41, 5.74) is 14.5. The van der Waals surface area contributed by atoms with Gasteiger partial charge in [-0.1, -0.05) is 59.2 Å². The first-order valence-electron chi connectivity index (χ1n) is 13.9. The first-order valence-corrected chi connectivity index (χ1v) is 13.9. The summed E-state index contributed by atoms with van der Waals surface area (Å²) in [6, 6.07) is 6.80. The lowest BCUT2D eigenvalue weighted by molar-refractivity contribution is -0.126. The van der Waals surface area contributed by atoms with Crippen molar-refractivity contribution in [3.05, 3.63) is 29.8 Å². The molecular weight excluding hydrogens is 482 g/mol. The zero-order valence-electron chi connectivity index (χ0n) is 24.1. The predicted octanol–water partition coefficient (Wildman–Crippen LogP) is 3.34. The molecule has 6 N–H and O–H groups in total. The van der Waals surface area contributed by atoms with Crippen molar-refractivity contribution < 1.29 is 19.1 Å². The summed E-state index contributed by atoms with van der Waals surface area (Å²) in [7, 11) is 1.33. The number of nitrogens with zero attached hydrogens (tertiary/aromatic N) is 1. The van der Waals surface area contributed by atoms with Crippen LogP contribution >= 0.6 is 0 Å². The van der Waals surface area contributed by atoms with E-state index in [1.807, 2.05) is 52.0 Å². The number of amides is 3. The van der Waals surface area contributed by atoms with Crippen molar-refractivity contribution in [2.45, 2.75) is 91.3 Å². The van der Waals surface area contributed by atoms with Crippen molar-refractivity contribution in [2.75, 3.05) is 25.1 Å². The fourth-order valence-electron chi connectivity index (χ4n) is 5.19. The van der Waals surface area contributed by atoms with Crippen molar-refractivity contribution >= 4 is 23.6 Å². The van der Waals surface area contributed by atoms with Gasteiger partial charge in [-0.2, -0.15) is 0 Å². The molecule has 9 nitrogen and oxygen atoms in total. The molecule has 1 unspecified atom stereocenters. The highest BCUT2D eigenvalue weighted by Crippen LogP contribution is 2.33. The number of nitrogens with two attached hydrogens (primary N) is 2. The molecule has 0 aliphatic carbocycles. The Kier molecular flexibility index (Phi) is 12.0. The van der Waals surface area contributed by atoms with Gasteiger partial charge >= 0.3 is 6.09 Å². The number of rotatable bonds is 13. The fraction of sp³-hybridized carbons (Fsp3) is 0.690. The summed E-state index contributed by atoms with van der Waals surface area (Å²) in [5.74, 6) is -0.0590. The van der Waals surface area contributed by atoms with Gasteiger partial charge in [-0.05, 0) is 48.6 Å². The number of alkyl carbamates (subject to hydrolysis) is 1. The van der Waals surface area contributed by atoms with E-state index < -0.39 is 11.5 Å². The maximum atomic E-state index is 13.6. The van der Waals surface area contributed by atoms with Crippen LogP contribution in [0, 0.1) is 17.3 Å². The lowest BCUT2D eigenvalue weighted by Gasteiger charge is -2.37. The first-order chi connectivity index (χ1) is 17.9. The van der Waals surface area contributed by atoms with E-state index in [0.29, 0.717) is 32.4 Å². The van der Waals surface area contributed by atoms with E-state index in [2.05, 4.69) is 17.6 Å². The summed E-state index contributed by atoms with van der Waals surface area (Å²) < 4.78 is 4.76. The Labute approximate surface area is 228 Å². The number of benzene rings is 1. The third kappa shape index (κ3) is 9.27. The molecule has 9 heteroatoms. The molecule has 1 aliphatic rings. The van der Waals surface area contributed by atoms with E-state index in [4.69, 9.17) is 16.2 Å². The molecule has 4 atom stereocenters. The highest BCUT2D eigenvalue weighted by atomic mass is 16.5. The topological polar surface area (TPSA) is 140 Å². The second kappa shape index (κ2) is 14.5. The molecule has 1 aliphatic heterocycles. The lowest BCUT2D eigenvalue weighted by Crippen LogP contribution is -2.51. The van der Waals surface area contributed by atoms with Gasteiger partial charge in [-0.15, -0.1) is 0 Å². The van der Waals surface area contributed by atoms with Crippen molar-refractivity contribution in [1.82, 2.24) is 10.6 Å². The Balaban J connectivity index is 2.04. The molecule has 38 heavy (non-hydrogen) atoms. The fourth-order valence-corrected chi connectivity index (χ4v) is 5.19. The van der Waals surface area contributed by atoms with Crippen molar-refractivity contribution in [1.29, 1.82) is 0 Å². The standard InChI is InChI=1S/C29H49N5O4/c1-7-8-13-32-27(36)22(19(2)3)15-23(30)24(31)16-29(4,5)17-26(35)34-18-21(33-28(37)38-6)14-20-11-9-10-12-25(20)34/h9-12,19,21-24H,7-8,13-18,30-31H2,1-6H3,(H,32,36)(H,33,37)/t21-,22+,23+,24?/m1/s1. The quantitative estimate of drug-likeness (QED) is 0.288. The third-order valence-corrected chi connectivity index (χ3v) is 7.43. The number of unbranched alkanes of at least 4 members (excludes halogenated alkanes) is 1. The number of anilines is 1. The van der Waals surface area contributed by atoms with Gasteiger partial charge < -0.3 is 31.7 Å². The molecule has 214 valence electrons. The van der Waals surface area contributed by atoms with Crippen LogP contribution in [0.15, 0.2) is 24.3 Å². The number of para-hydroxylation sites is 1. The molecule has 0 bridgehead atoms. The van der Waals surface area contributed by atoms with E-state index in [9.17, 15) is 14.4 Å². The number of ether oxygens (including phenoxy) is 1. The van der Waals surface area contributed by atoms with Crippen molar-refractivity contribution in [3.8, 4) is 0 Å². The van der Waals surface area contributed by atoms with Crippen LogP contribution in [0.4, 0.5) is 10.5 Å². The summed E-state index contributed by atoms with van der Waals surface area (Å²) in [5, 5.41) is 5.86. The number of hydrogen-bond donors (Lipinski definition) is 4. The van der Waals surface area contributed by atoms with Gasteiger partial charge in [0.15, 0.2) is 0 Å². The lowest BCUT2D eigenvalue weighted by atomic mass is 9.78. The molecule has 1 aromatic rings. The highest BCUT2D eigenvalue weighted by molar-refractivity contribution is 5.95. The average molecular weight is 532 g/mol. The number of fused-ring (bicyclic) bond motifs is 1. The van der Waals surface area contributed by atoms with Gasteiger partial charge in [0.25, 0.3) is 0 Å². The second-order valence-corrected chi connectivity index (χ2v) is 11.8. The monoisotopic (exact) mass is 531 g/mol. The SMILES string of the molecule is CCCCNC(=O)[C@@H](C[C@H](N)C(N)CC(C)(C)CC(=O)N1C[C@H](NC(=O)OC)Cc2ccccc21)C(C)C. The molecule has 0 radical (unpaired) electrons.